The van der Waals surface area contributed by atoms with E-state index in [0.717, 1.165) is 31.1 Å². The molecule has 0 amide bonds. The van der Waals surface area contributed by atoms with Crippen LogP contribution in [0.4, 0.5) is 0 Å². The highest BCUT2D eigenvalue weighted by Gasteiger charge is 2.26. The van der Waals surface area contributed by atoms with Crippen LogP contribution in [-0.4, -0.2) is 41.9 Å². The maximum atomic E-state index is 11.6. The summed E-state index contributed by atoms with van der Waals surface area (Å²) in [7, 11) is -3.15. The first kappa shape index (κ1) is 16.2. The van der Waals surface area contributed by atoms with Crippen molar-refractivity contribution in [3.8, 4) is 0 Å². The van der Waals surface area contributed by atoms with E-state index in [1.807, 2.05) is 22.9 Å². The van der Waals surface area contributed by atoms with Gasteiger partial charge < -0.3 is 4.42 Å². The van der Waals surface area contributed by atoms with Gasteiger partial charge in [-0.3, -0.25) is 9.58 Å². The van der Waals surface area contributed by atoms with Gasteiger partial charge in [0.05, 0.1) is 30.3 Å². The van der Waals surface area contributed by atoms with E-state index in [1.165, 1.54) is 0 Å². The molecule has 8 heteroatoms. The average Bonchev–Trinajstić information content (AvgIpc) is 3.18. The topological polar surface area (TPSA) is 80.4 Å². The van der Waals surface area contributed by atoms with Gasteiger partial charge in [-0.25, -0.2) is 13.1 Å². The molecule has 0 aromatic carbocycles. The van der Waals surface area contributed by atoms with Gasteiger partial charge in [0.15, 0.2) is 0 Å². The lowest BCUT2D eigenvalue weighted by Crippen LogP contribution is -2.39. The Kier molecular flexibility index (Phi) is 4.84. The molecule has 7 nitrogen and oxygen atoms in total. The lowest BCUT2D eigenvalue weighted by molar-refractivity contribution is 0.152. The number of hydrogen-bond acceptors (Lipinski definition) is 5. The van der Waals surface area contributed by atoms with Gasteiger partial charge in [-0.1, -0.05) is 0 Å². The summed E-state index contributed by atoms with van der Waals surface area (Å²) in [5.41, 5.74) is 1.14. The number of rotatable bonds is 7. The Hall–Kier alpha value is -1.64. The van der Waals surface area contributed by atoms with E-state index in [9.17, 15) is 8.42 Å². The first-order valence-electron chi connectivity index (χ1n) is 7.82. The summed E-state index contributed by atoms with van der Waals surface area (Å²) >= 11 is 0. The molecule has 1 aliphatic heterocycles. The van der Waals surface area contributed by atoms with Crippen molar-refractivity contribution in [3.63, 3.8) is 0 Å². The van der Waals surface area contributed by atoms with Crippen LogP contribution in [0.3, 0.4) is 0 Å². The zero-order chi connectivity index (χ0) is 16.3. The predicted octanol–water partition coefficient (Wildman–Crippen LogP) is 1.36. The van der Waals surface area contributed by atoms with Gasteiger partial charge in [0.25, 0.3) is 0 Å². The summed E-state index contributed by atoms with van der Waals surface area (Å²) in [5, 5.41) is 4.39. The van der Waals surface area contributed by atoms with Crippen molar-refractivity contribution in [1.29, 1.82) is 0 Å². The highest BCUT2D eigenvalue weighted by molar-refractivity contribution is 7.89. The Morgan fingerprint density at radius 3 is 3.04 bits per heavy atom. The number of aromatic nitrogens is 2. The quantitative estimate of drug-likeness (QED) is 0.824. The molecule has 1 unspecified atom stereocenters. The number of nitrogens with zero attached hydrogens (tertiary/aromatic N) is 3. The van der Waals surface area contributed by atoms with E-state index < -0.39 is 10.0 Å². The van der Waals surface area contributed by atoms with Crippen LogP contribution in [0.2, 0.25) is 0 Å². The fourth-order valence-corrected chi connectivity index (χ4v) is 3.54. The molecule has 1 N–H and O–H groups in total. The molecule has 23 heavy (non-hydrogen) atoms. The zero-order valence-corrected chi connectivity index (χ0v) is 14.0. The van der Waals surface area contributed by atoms with Crippen LogP contribution in [-0.2, 0) is 23.1 Å². The molecule has 3 heterocycles. The second-order valence-corrected chi connectivity index (χ2v) is 7.85. The molecule has 3 rings (SSSR count). The van der Waals surface area contributed by atoms with E-state index in [4.69, 9.17) is 4.42 Å². The number of fused-ring (bicyclic) bond motifs is 1. The first-order valence-corrected chi connectivity index (χ1v) is 9.47. The molecule has 0 fully saturated rings. The van der Waals surface area contributed by atoms with Crippen LogP contribution >= 0.6 is 0 Å². The molecule has 1 aliphatic rings. The highest BCUT2D eigenvalue weighted by atomic mass is 32.2. The van der Waals surface area contributed by atoms with E-state index in [0.29, 0.717) is 13.0 Å². The normalized spacial score (nSPS) is 18.9. The molecule has 0 saturated carbocycles. The van der Waals surface area contributed by atoms with Gasteiger partial charge in [0, 0.05) is 25.8 Å². The Labute approximate surface area is 136 Å². The molecular formula is C15H22N4O3S. The van der Waals surface area contributed by atoms with E-state index in [-0.39, 0.29) is 11.8 Å². The Bertz CT molecular complexity index is 724. The van der Waals surface area contributed by atoms with Gasteiger partial charge in [0.2, 0.25) is 10.0 Å². The third-order valence-corrected chi connectivity index (χ3v) is 5.50. The lowest BCUT2D eigenvalue weighted by atomic mass is 10.1. The first-order chi connectivity index (χ1) is 11.1. The predicted molar refractivity (Wildman–Crippen MR) is 86.2 cm³/mol. The third kappa shape index (κ3) is 4.01. The highest BCUT2D eigenvalue weighted by Crippen LogP contribution is 2.24. The van der Waals surface area contributed by atoms with Crippen molar-refractivity contribution in [2.24, 2.45) is 0 Å². The molecule has 2 aromatic heterocycles. The monoisotopic (exact) mass is 338 g/mol. The molecule has 0 radical (unpaired) electrons. The number of nitrogens with one attached hydrogen (secondary N) is 1. The molecule has 0 bridgehead atoms. The summed E-state index contributed by atoms with van der Waals surface area (Å²) in [6.45, 7) is 4.45. The molecule has 2 aromatic rings. The van der Waals surface area contributed by atoms with Crippen molar-refractivity contribution in [1.82, 2.24) is 19.4 Å². The summed E-state index contributed by atoms with van der Waals surface area (Å²) in [6.07, 6.45) is 4.19. The van der Waals surface area contributed by atoms with Crippen LogP contribution in [0.5, 0.6) is 0 Å². The van der Waals surface area contributed by atoms with Crippen molar-refractivity contribution in [2.45, 2.75) is 32.5 Å². The maximum Gasteiger partial charge on any atom is 0.211 e. The number of sulfonamides is 1. The Balaban J connectivity index is 1.64. The van der Waals surface area contributed by atoms with E-state index in [2.05, 4.69) is 14.7 Å². The second-order valence-electron chi connectivity index (χ2n) is 5.76. The van der Waals surface area contributed by atoms with Gasteiger partial charge in [-0.2, -0.15) is 5.10 Å². The van der Waals surface area contributed by atoms with Crippen molar-refractivity contribution >= 4 is 10.0 Å². The van der Waals surface area contributed by atoms with Gasteiger partial charge in [-0.05, 0) is 31.5 Å². The second kappa shape index (κ2) is 6.86. The minimum absolute atomic E-state index is 0.106. The lowest BCUT2D eigenvalue weighted by Gasteiger charge is -2.33. The van der Waals surface area contributed by atoms with E-state index >= 15 is 0 Å². The number of hydrogen-bond donors (Lipinski definition) is 1. The molecule has 0 spiro atoms. The number of furan rings is 1. The fraction of sp³-hybridized carbons (Fsp3) is 0.533. The van der Waals surface area contributed by atoms with Crippen molar-refractivity contribution < 1.29 is 12.8 Å². The Morgan fingerprint density at radius 1 is 1.43 bits per heavy atom. The summed E-state index contributed by atoms with van der Waals surface area (Å²) < 4.78 is 33.2. The molecule has 1 atom stereocenters. The van der Waals surface area contributed by atoms with Crippen molar-refractivity contribution in [3.05, 3.63) is 42.1 Å². The van der Waals surface area contributed by atoms with Gasteiger partial charge >= 0.3 is 0 Å². The SMILES string of the molecule is CCS(=O)(=O)NCCC1CN(Cc2ccco2)Cc2ccnn21. The van der Waals surface area contributed by atoms with Crippen LogP contribution in [0.25, 0.3) is 0 Å². The zero-order valence-electron chi connectivity index (χ0n) is 13.2. The maximum absolute atomic E-state index is 11.6. The van der Waals surface area contributed by atoms with Gasteiger partial charge in [0.1, 0.15) is 5.76 Å². The minimum Gasteiger partial charge on any atom is -0.468 e. The molecular weight excluding hydrogens is 316 g/mol. The van der Waals surface area contributed by atoms with Crippen LogP contribution in [0.15, 0.2) is 35.1 Å². The summed E-state index contributed by atoms with van der Waals surface area (Å²) in [6, 6.07) is 6.03. The fourth-order valence-electron chi connectivity index (χ4n) is 2.90. The standard InChI is InChI=1S/C15H22N4O3S/c1-2-23(20,21)17-8-6-14-11-18(12-15-4-3-9-22-15)10-13-5-7-16-19(13)14/h3-5,7,9,14,17H,2,6,8,10-12H2,1H3. The van der Waals surface area contributed by atoms with Gasteiger partial charge in [-0.15, -0.1) is 0 Å². The third-order valence-electron chi connectivity index (χ3n) is 4.09. The average molecular weight is 338 g/mol. The molecule has 126 valence electrons. The molecule has 0 saturated heterocycles. The van der Waals surface area contributed by atoms with Crippen LogP contribution in [0, 0.1) is 0 Å². The largest absolute Gasteiger partial charge is 0.468 e. The van der Waals surface area contributed by atoms with Crippen molar-refractivity contribution in [2.75, 3.05) is 18.8 Å². The Morgan fingerprint density at radius 2 is 2.30 bits per heavy atom. The summed E-state index contributed by atoms with van der Waals surface area (Å²) in [4.78, 5) is 2.30. The smallest absolute Gasteiger partial charge is 0.211 e. The van der Waals surface area contributed by atoms with Crippen LogP contribution < -0.4 is 4.72 Å². The minimum atomic E-state index is -3.15. The van der Waals surface area contributed by atoms with E-state index in [1.54, 1.807) is 19.4 Å². The molecule has 0 aliphatic carbocycles. The summed E-state index contributed by atoms with van der Waals surface area (Å²) in [5.74, 6) is 1.04. The van der Waals surface area contributed by atoms with Crippen LogP contribution in [0.1, 0.15) is 30.8 Å².